The first kappa shape index (κ1) is 15.2. The maximum atomic E-state index is 11.9. The smallest absolute Gasteiger partial charge is 0.226 e. The minimum atomic E-state index is -0.127. The van der Waals surface area contributed by atoms with Crippen LogP contribution in [0.25, 0.3) is 0 Å². The lowest BCUT2D eigenvalue weighted by atomic mass is 10.1. The number of nitrogens with one attached hydrogen (secondary N) is 1. The number of hydrogen-bond donors (Lipinski definition) is 1. The monoisotopic (exact) mass is 288 g/mol. The van der Waals surface area contributed by atoms with Crippen molar-refractivity contribution in [2.45, 2.75) is 39.2 Å². The van der Waals surface area contributed by atoms with Gasteiger partial charge in [-0.25, -0.2) is 0 Å². The first-order valence-corrected chi connectivity index (χ1v) is 7.15. The summed E-state index contributed by atoms with van der Waals surface area (Å²) in [7, 11) is 0. The summed E-state index contributed by atoms with van der Waals surface area (Å²) in [5, 5.41) is 2.77. The van der Waals surface area contributed by atoms with Crippen molar-refractivity contribution in [1.82, 2.24) is 4.90 Å². The van der Waals surface area contributed by atoms with E-state index in [0.29, 0.717) is 23.8 Å². The van der Waals surface area contributed by atoms with Gasteiger partial charge >= 0.3 is 0 Å². The molecule has 0 atom stereocenters. The molecular weight excluding hydrogens is 268 g/mol. The van der Waals surface area contributed by atoms with Gasteiger partial charge in [-0.2, -0.15) is 0 Å². The van der Waals surface area contributed by atoms with Crippen LogP contribution in [0.2, 0.25) is 0 Å². The zero-order valence-corrected chi connectivity index (χ0v) is 12.4. The quantitative estimate of drug-likeness (QED) is 0.816. The molecular formula is C16H20N2O3. The number of carbonyl (C=O) groups excluding carboxylic acids is 3. The van der Waals surface area contributed by atoms with Crippen LogP contribution in [0, 0.1) is 0 Å². The van der Waals surface area contributed by atoms with Gasteiger partial charge in [-0.05, 0) is 44.0 Å². The van der Waals surface area contributed by atoms with Gasteiger partial charge in [0.2, 0.25) is 11.8 Å². The van der Waals surface area contributed by atoms with Crippen molar-refractivity contribution >= 4 is 23.3 Å². The number of anilines is 1. The van der Waals surface area contributed by atoms with Crippen LogP contribution < -0.4 is 5.32 Å². The first-order valence-electron chi connectivity index (χ1n) is 7.15. The van der Waals surface area contributed by atoms with E-state index < -0.39 is 0 Å². The lowest BCUT2D eigenvalue weighted by molar-refractivity contribution is -0.129. The Kier molecular flexibility index (Phi) is 4.73. The Hall–Kier alpha value is -2.17. The molecule has 2 amide bonds. The Morgan fingerprint density at radius 3 is 2.24 bits per heavy atom. The molecule has 1 N–H and O–H groups in total. The number of rotatable bonds is 6. The Balaban J connectivity index is 1.83. The minimum Gasteiger partial charge on any atom is -0.339 e. The van der Waals surface area contributed by atoms with Crippen molar-refractivity contribution in [3.8, 4) is 0 Å². The van der Waals surface area contributed by atoms with Crippen molar-refractivity contribution in [3.05, 3.63) is 29.8 Å². The van der Waals surface area contributed by atoms with Crippen molar-refractivity contribution in [3.63, 3.8) is 0 Å². The van der Waals surface area contributed by atoms with Crippen LogP contribution in [0.1, 0.15) is 43.5 Å². The zero-order chi connectivity index (χ0) is 15.4. The topological polar surface area (TPSA) is 66.5 Å². The molecule has 0 spiro atoms. The molecule has 2 rings (SSSR count). The molecule has 1 aliphatic carbocycles. The highest BCUT2D eigenvalue weighted by Crippen LogP contribution is 2.26. The van der Waals surface area contributed by atoms with Crippen LogP contribution >= 0.6 is 0 Å². The zero-order valence-electron chi connectivity index (χ0n) is 12.4. The summed E-state index contributed by atoms with van der Waals surface area (Å²) in [6.45, 7) is 3.50. The largest absolute Gasteiger partial charge is 0.339 e. The lowest BCUT2D eigenvalue weighted by Crippen LogP contribution is -2.33. The maximum Gasteiger partial charge on any atom is 0.226 e. The summed E-state index contributed by atoms with van der Waals surface area (Å²) in [6, 6.07) is 7.11. The molecule has 0 unspecified atom stereocenters. The van der Waals surface area contributed by atoms with E-state index in [2.05, 4.69) is 5.32 Å². The molecule has 21 heavy (non-hydrogen) atoms. The average Bonchev–Trinajstić information content (AvgIpc) is 3.23. The molecule has 5 nitrogen and oxygen atoms in total. The van der Waals surface area contributed by atoms with Crippen LogP contribution in [0.4, 0.5) is 5.69 Å². The molecule has 1 saturated carbocycles. The van der Waals surface area contributed by atoms with Crippen LogP contribution in [-0.2, 0) is 9.59 Å². The molecule has 0 radical (unpaired) electrons. The fourth-order valence-corrected chi connectivity index (χ4v) is 2.22. The van der Waals surface area contributed by atoms with Crippen LogP contribution in [0.5, 0.6) is 0 Å². The molecule has 1 fully saturated rings. The highest BCUT2D eigenvalue weighted by molar-refractivity contribution is 5.95. The number of nitrogens with zero attached hydrogens (tertiary/aromatic N) is 1. The van der Waals surface area contributed by atoms with Gasteiger partial charge in [-0.3, -0.25) is 14.4 Å². The molecule has 1 aliphatic rings. The summed E-state index contributed by atoms with van der Waals surface area (Å²) in [5.41, 5.74) is 1.27. The van der Waals surface area contributed by atoms with Gasteiger partial charge in [-0.15, -0.1) is 0 Å². The predicted molar refractivity (Wildman–Crippen MR) is 80.1 cm³/mol. The van der Waals surface area contributed by atoms with E-state index in [4.69, 9.17) is 0 Å². The molecule has 112 valence electrons. The Bertz CT molecular complexity index is 547. The fourth-order valence-electron chi connectivity index (χ4n) is 2.22. The van der Waals surface area contributed by atoms with Crippen molar-refractivity contribution < 1.29 is 14.4 Å². The van der Waals surface area contributed by atoms with Gasteiger partial charge in [0.05, 0.1) is 0 Å². The number of hydrogen-bond acceptors (Lipinski definition) is 3. The summed E-state index contributed by atoms with van der Waals surface area (Å²) in [5.74, 6) is -0.108. The maximum absolute atomic E-state index is 11.9. The van der Waals surface area contributed by atoms with Gasteiger partial charge in [0.15, 0.2) is 5.78 Å². The fraction of sp³-hybridized carbons (Fsp3) is 0.438. The normalized spacial score (nSPS) is 13.6. The summed E-state index contributed by atoms with van der Waals surface area (Å²) in [6.07, 6.45) is 2.35. The number of benzene rings is 1. The summed E-state index contributed by atoms with van der Waals surface area (Å²) < 4.78 is 0. The summed E-state index contributed by atoms with van der Waals surface area (Å²) in [4.78, 5) is 36.3. The Morgan fingerprint density at radius 1 is 1.14 bits per heavy atom. The predicted octanol–water partition coefficient (Wildman–Crippen LogP) is 2.23. The third-order valence-electron chi connectivity index (χ3n) is 3.55. The lowest BCUT2D eigenvalue weighted by Gasteiger charge is -2.20. The molecule has 5 heteroatoms. The molecule has 1 aromatic carbocycles. The third-order valence-corrected chi connectivity index (χ3v) is 3.55. The number of carbonyl (C=O) groups is 3. The van der Waals surface area contributed by atoms with Crippen LogP contribution in [0.3, 0.4) is 0 Å². The first-order chi connectivity index (χ1) is 9.97. The van der Waals surface area contributed by atoms with Crippen LogP contribution in [-0.4, -0.2) is 35.1 Å². The second-order valence-corrected chi connectivity index (χ2v) is 5.38. The average molecular weight is 288 g/mol. The molecule has 0 aliphatic heterocycles. The second kappa shape index (κ2) is 6.52. The van der Waals surface area contributed by atoms with Gasteiger partial charge < -0.3 is 10.2 Å². The number of ketones is 1. The molecule has 0 aromatic heterocycles. The van der Waals surface area contributed by atoms with E-state index >= 15 is 0 Å². The van der Waals surface area contributed by atoms with Gasteiger partial charge in [-0.1, -0.05) is 0 Å². The van der Waals surface area contributed by atoms with E-state index in [1.165, 1.54) is 13.8 Å². The standard InChI is InChI=1S/C16H20N2O3/c1-11(19)13-3-5-14(6-4-13)17-16(21)9-10-18(12(2)20)15-7-8-15/h3-6,15H,7-10H2,1-2H3,(H,17,21). The molecule has 0 heterocycles. The van der Waals surface area contributed by atoms with E-state index in [9.17, 15) is 14.4 Å². The van der Waals surface area contributed by atoms with E-state index in [0.717, 1.165) is 12.8 Å². The van der Waals surface area contributed by atoms with Crippen LogP contribution in [0.15, 0.2) is 24.3 Å². The minimum absolute atomic E-state index is 0.00518. The summed E-state index contributed by atoms with van der Waals surface area (Å²) >= 11 is 0. The Morgan fingerprint density at radius 2 is 1.76 bits per heavy atom. The van der Waals surface area contributed by atoms with Gasteiger partial charge in [0.25, 0.3) is 0 Å². The highest BCUT2D eigenvalue weighted by atomic mass is 16.2. The van der Waals surface area contributed by atoms with Crippen molar-refractivity contribution in [1.29, 1.82) is 0 Å². The second-order valence-electron chi connectivity index (χ2n) is 5.38. The molecule has 0 saturated heterocycles. The molecule has 0 bridgehead atoms. The molecule has 1 aromatic rings. The van der Waals surface area contributed by atoms with Crippen molar-refractivity contribution in [2.24, 2.45) is 0 Å². The van der Waals surface area contributed by atoms with Gasteiger partial charge in [0.1, 0.15) is 0 Å². The van der Waals surface area contributed by atoms with E-state index in [1.54, 1.807) is 29.2 Å². The Labute approximate surface area is 124 Å². The highest BCUT2D eigenvalue weighted by Gasteiger charge is 2.30. The van der Waals surface area contributed by atoms with Crippen molar-refractivity contribution in [2.75, 3.05) is 11.9 Å². The number of Topliss-reactive ketones (excluding diaryl/α,β-unsaturated/α-hetero) is 1. The number of amides is 2. The van der Waals surface area contributed by atoms with E-state index in [-0.39, 0.29) is 24.0 Å². The van der Waals surface area contributed by atoms with E-state index in [1.807, 2.05) is 0 Å². The SMILES string of the molecule is CC(=O)c1ccc(NC(=O)CCN(C(C)=O)C2CC2)cc1. The van der Waals surface area contributed by atoms with Gasteiger partial charge in [0, 0.05) is 37.2 Å². The third kappa shape index (κ3) is 4.41.